The molecule has 0 saturated carbocycles. The molecule has 0 radical (unpaired) electrons. The SMILES string of the molecule is CCC1(CC)CN(Cc2nc3c(N4CCOCC4)nc(Cl)nc3n2C)CCO1. The van der Waals surface area contributed by atoms with Gasteiger partial charge < -0.3 is 18.9 Å². The third kappa shape index (κ3) is 3.70. The van der Waals surface area contributed by atoms with Gasteiger partial charge in [0.05, 0.1) is 32.0 Å². The molecule has 0 spiro atoms. The number of hydrogen-bond donors (Lipinski definition) is 0. The lowest BCUT2D eigenvalue weighted by atomic mass is 9.95. The molecule has 2 aliphatic rings. The Morgan fingerprint density at radius 1 is 1.04 bits per heavy atom. The van der Waals surface area contributed by atoms with Crippen LogP contribution in [0.1, 0.15) is 32.5 Å². The Kier molecular flexibility index (Phi) is 5.73. The Balaban J connectivity index is 1.64. The van der Waals surface area contributed by atoms with E-state index in [0.29, 0.717) is 13.2 Å². The quantitative estimate of drug-likeness (QED) is 0.703. The molecule has 4 heterocycles. The minimum Gasteiger partial charge on any atom is -0.378 e. The molecule has 2 aromatic heterocycles. The Bertz CT molecular complexity index is 831. The normalized spacial score (nSPS) is 20.8. The van der Waals surface area contributed by atoms with E-state index in [1.54, 1.807) is 0 Å². The van der Waals surface area contributed by atoms with Crippen molar-refractivity contribution in [2.45, 2.75) is 38.8 Å². The number of aromatic nitrogens is 4. The van der Waals surface area contributed by atoms with E-state index in [9.17, 15) is 0 Å². The van der Waals surface area contributed by atoms with Gasteiger partial charge in [-0.05, 0) is 24.4 Å². The standard InChI is InChI=1S/C19H29ClN6O2/c1-4-19(5-2)13-25(6-11-28-19)12-14-21-15-16(24(14)3)22-18(20)23-17(15)26-7-9-27-10-8-26/h4-13H2,1-3H3. The summed E-state index contributed by atoms with van der Waals surface area (Å²) in [5.74, 6) is 1.78. The maximum absolute atomic E-state index is 6.24. The van der Waals surface area contributed by atoms with Crippen LogP contribution < -0.4 is 4.90 Å². The summed E-state index contributed by atoms with van der Waals surface area (Å²) in [4.78, 5) is 18.5. The molecular weight excluding hydrogens is 380 g/mol. The highest BCUT2D eigenvalue weighted by Crippen LogP contribution is 2.29. The molecule has 8 nitrogen and oxygen atoms in total. The zero-order valence-electron chi connectivity index (χ0n) is 16.9. The molecule has 2 fully saturated rings. The van der Waals surface area contributed by atoms with E-state index in [1.165, 1.54) is 0 Å². The van der Waals surface area contributed by atoms with Gasteiger partial charge in [0.1, 0.15) is 5.82 Å². The molecule has 0 aliphatic carbocycles. The van der Waals surface area contributed by atoms with E-state index in [4.69, 9.17) is 26.1 Å². The largest absolute Gasteiger partial charge is 0.378 e. The van der Waals surface area contributed by atoms with E-state index < -0.39 is 0 Å². The Labute approximate surface area is 170 Å². The Hall–Kier alpha value is -1.48. The van der Waals surface area contributed by atoms with Crippen molar-refractivity contribution in [2.24, 2.45) is 7.05 Å². The topological polar surface area (TPSA) is 68.5 Å². The van der Waals surface area contributed by atoms with Crippen molar-refractivity contribution in [3.8, 4) is 0 Å². The summed E-state index contributed by atoms with van der Waals surface area (Å²) in [6, 6.07) is 0. The molecule has 154 valence electrons. The molecule has 0 unspecified atom stereocenters. The monoisotopic (exact) mass is 408 g/mol. The predicted molar refractivity (Wildman–Crippen MR) is 109 cm³/mol. The fraction of sp³-hybridized carbons (Fsp3) is 0.737. The molecule has 0 atom stereocenters. The summed E-state index contributed by atoms with van der Waals surface area (Å²) in [5, 5.41) is 0.255. The van der Waals surface area contributed by atoms with Crippen LogP contribution in [-0.2, 0) is 23.1 Å². The van der Waals surface area contributed by atoms with Crippen LogP contribution in [0.2, 0.25) is 5.28 Å². The summed E-state index contributed by atoms with van der Waals surface area (Å²) in [6.07, 6.45) is 2.04. The van der Waals surface area contributed by atoms with Gasteiger partial charge in [0, 0.05) is 33.2 Å². The molecule has 9 heteroatoms. The summed E-state index contributed by atoms with van der Waals surface area (Å²) in [6.45, 7) is 10.7. The number of halogens is 1. The minimum atomic E-state index is -0.0507. The van der Waals surface area contributed by atoms with Gasteiger partial charge in [0.2, 0.25) is 5.28 Å². The molecule has 4 rings (SSSR count). The number of rotatable bonds is 5. The summed E-state index contributed by atoms with van der Waals surface area (Å²) in [7, 11) is 2.00. The third-order valence-corrected chi connectivity index (χ3v) is 6.23. The molecule has 0 aromatic carbocycles. The second-order valence-electron chi connectivity index (χ2n) is 7.62. The maximum Gasteiger partial charge on any atom is 0.226 e. The van der Waals surface area contributed by atoms with Crippen LogP contribution in [0, 0.1) is 0 Å². The molecule has 2 saturated heterocycles. The van der Waals surface area contributed by atoms with Crippen molar-refractivity contribution in [1.82, 2.24) is 24.4 Å². The van der Waals surface area contributed by atoms with Gasteiger partial charge in [0.15, 0.2) is 17.0 Å². The zero-order chi connectivity index (χ0) is 19.7. The first-order valence-corrected chi connectivity index (χ1v) is 10.5. The molecule has 0 N–H and O–H groups in total. The average Bonchev–Trinajstić information content (AvgIpc) is 3.03. The van der Waals surface area contributed by atoms with Gasteiger partial charge in [-0.1, -0.05) is 13.8 Å². The van der Waals surface area contributed by atoms with Crippen LogP contribution in [-0.4, -0.2) is 76.0 Å². The van der Waals surface area contributed by atoms with Gasteiger partial charge in [-0.2, -0.15) is 9.97 Å². The fourth-order valence-corrected chi connectivity index (χ4v) is 4.30. The Morgan fingerprint density at radius 2 is 1.79 bits per heavy atom. The van der Waals surface area contributed by atoms with Crippen molar-refractivity contribution >= 4 is 28.6 Å². The van der Waals surface area contributed by atoms with E-state index >= 15 is 0 Å². The van der Waals surface area contributed by atoms with Crippen LogP contribution in [0.3, 0.4) is 0 Å². The fourth-order valence-electron chi connectivity index (χ4n) is 4.14. The first-order chi connectivity index (χ1) is 13.5. The van der Waals surface area contributed by atoms with Gasteiger partial charge >= 0.3 is 0 Å². The number of fused-ring (bicyclic) bond motifs is 1. The molecule has 28 heavy (non-hydrogen) atoms. The molecular formula is C19H29ClN6O2. The summed E-state index contributed by atoms with van der Waals surface area (Å²) in [5.41, 5.74) is 1.54. The molecule has 2 aromatic rings. The summed E-state index contributed by atoms with van der Waals surface area (Å²) < 4.78 is 13.6. The number of aryl methyl sites for hydroxylation is 1. The van der Waals surface area contributed by atoms with Gasteiger partial charge in [-0.25, -0.2) is 4.98 Å². The lowest BCUT2D eigenvalue weighted by molar-refractivity contribution is -0.115. The highest BCUT2D eigenvalue weighted by Gasteiger charge is 2.34. The minimum absolute atomic E-state index is 0.0507. The maximum atomic E-state index is 6.24. The third-order valence-electron chi connectivity index (χ3n) is 6.06. The van der Waals surface area contributed by atoms with E-state index in [2.05, 4.69) is 33.6 Å². The van der Waals surface area contributed by atoms with Crippen molar-refractivity contribution in [2.75, 3.05) is 50.9 Å². The van der Waals surface area contributed by atoms with Crippen molar-refractivity contribution in [3.05, 3.63) is 11.1 Å². The second kappa shape index (κ2) is 8.10. The van der Waals surface area contributed by atoms with Crippen LogP contribution in [0.5, 0.6) is 0 Å². The number of anilines is 1. The first kappa shape index (κ1) is 19.8. The van der Waals surface area contributed by atoms with Gasteiger partial charge in [0.25, 0.3) is 0 Å². The van der Waals surface area contributed by atoms with E-state index in [0.717, 1.165) is 75.0 Å². The summed E-state index contributed by atoms with van der Waals surface area (Å²) >= 11 is 6.24. The van der Waals surface area contributed by atoms with Crippen LogP contribution in [0.4, 0.5) is 5.82 Å². The van der Waals surface area contributed by atoms with Gasteiger partial charge in [-0.3, -0.25) is 4.90 Å². The number of morpholine rings is 2. The highest BCUT2D eigenvalue weighted by molar-refractivity contribution is 6.28. The molecule has 2 aliphatic heterocycles. The number of imidazole rings is 1. The van der Waals surface area contributed by atoms with Crippen molar-refractivity contribution in [3.63, 3.8) is 0 Å². The van der Waals surface area contributed by atoms with Crippen molar-refractivity contribution in [1.29, 1.82) is 0 Å². The van der Waals surface area contributed by atoms with Gasteiger partial charge in [-0.15, -0.1) is 0 Å². The number of nitrogens with zero attached hydrogens (tertiary/aromatic N) is 6. The zero-order valence-corrected chi connectivity index (χ0v) is 17.7. The van der Waals surface area contributed by atoms with Crippen LogP contribution in [0.15, 0.2) is 0 Å². The smallest absolute Gasteiger partial charge is 0.226 e. The molecule has 0 bridgehead atoms. The van der Waals surface area contributed by atoms with Crippen LogP contribution >= 0.6 is 11.6 Å². The lowest BCUT2D eigenvalue weighted by Gasteiger charge is -2.41. The van der Waals surface area contributed by atoms with Crippen LogP contribution in [0.25, 0.3) is 11.2 Å². The van der Waals surface area contributed by atoms with Crippen molar-refractivity contribution < 1.29 is 9.47 Å². The lowest BCUT2D eigenvalue weighted by Crippen LogP contribution is -2.51. The Morgan fingerprint density at radius 3 is 2.50 bits per heavy atom. The van der Waals surface area contributed by atoms with E-state index in [-0.39, 0.29) is 10.9 Å². The predicted octanol–water partition coefficient (Wildman–Crippen LogP) is 2.24. The first-order valence-electron chi connectivity index (χ1n) is 10.1. The molecule has 0 amide bonds. The number of hydrogen-bond acceptors (Lipinski definition) is 7. The average molecular weight is 409 g/mol. The highest BCUT2D eigenvalue weighted by atomic mass is 35.5. The van der Waals surface area contributed by atoms with E-state index in [1.807, 2.05) is 11.6 Å². The number of ether oxygens (including phenoxy) is 2. The second-order valence-corrected chi connectivity index (χ2v) is 7.96.